The Kier molecular flexibility index (Phi) is 9.83. The summed E-state index contributed by atoms with van der Waals surface area (Å²) in [5, 5.41) is 4.62. The molecule has 0 N–H and O–H groups in total. The second kappa shape index (κ2) is 16.4. The van der Waals surface area contributed by atoms with Crippen molar-refractivity contribution in [1.29, 1.82) is 0 Å². The third-order valence-electron chi connectivity index (χ3n) is 15.7. The Hall–Kier alpha value is -8.41. The van der Waals surface area contributed by atoms with Crippen molar-refractivity contribution in [2.24, 2.45) is 5.92 Å². The van der Waals surface area contributed by atoms with E-state index in [0.717, 1.165) is 83.7 Å². The van der Waals surface area contributed by atoms with Crippen LogP contribution < -0.4 is 0 Å². The molecule has 0 saturated carbocycles. The van der Waals surface area contributed by atoms with Crippen LogP contribution in [0.25, 0.3) is 111 Å². The first-order chi connectivity index (χ1) is 34.6. The molecule has 13 rings (SSSR count). The number of hydrogen-bond acceptors (Lipinski definition) is 3. The van der Waals surface area contributed by atoms with Crippen LogP contribution in [0.4, 0.5) is 0 Å². The fraction of sp³-hybridized carbons (Fsp3) is 0.136. The average Bonchev–Trinajstić information content (AvgIpc) is 3.94. The maximum atomic E-state index is 5.47. The fourth-order valence-electron chi connectivity index (χ4n) is 11.8. The van der Waals surface area contributed by atoms with Gasteiger partial charge in [0.15, 0.2) is 11.6 Å². The summed E-state index contributed by atoms with van der Waals surface area (Å²) in [4.78, 5) is 16.2. The standard InChI is InChI=1S/C66H53N5/c1-42-41-65(2,3)59-51(26-17-27-56(59)66(42,4)5)46-34-36-50(37-35-46)70-57-28-14-12-24-52(57)54-38-39-55-53-25-13-15-29-58(53)71(61(55)60(54)70)64-68-62(47-32-30-45(31-33-47)43-18-8-6-9-19-43)67-63(69-64)49-23-16-22-48(40-49)44-20-10-7-11-21-44/h6-40,42H,41H2,1-5H3. The summed E-state index contributed by atoms with van der Waals surface area (Å²) in [6.07, 6.45) is 1.15. The first-order valence-corrected chi connectivity index (χ1v) is 24.9. The summed E-state index contributed by atoms with van der Waals surface area (Å²) in [7, 11) is 0. The van der Waals surface area contributed by atoms with Crippen LogP contribution in [0.1, 0.15) is 52.2 Å². The summed E-state index contributed by atoms with van der Waals surface area (Å²) >= 11 is 0. The van der Waals surface area contributed by atoms with Gasteiger partial charge in [0.05, 0.1) is 22.1 Å². The van der Waals surface area contributed by atoms with Gasteiger partial charge in [-0.25, -0.2) is 4.98 Å². The number of fused-ring (bicyclic) bond motifs is 8. The quantitative estimate of drug-likeness (QED) is 0.160. The van der Waals surface area contributed by atoms with E-state index in [1.54, 1.807) is 0 Å². The summed E-state index contributed by atoms with van der Waals surface area (Å²) in [6, 6.07) is 76.4. The molecular weight excluding hydrogens is 863 g/mol. The monoisotopic (exact) mass is 915 g/mol. The maximum Gasteiger partial charge on any atom is 0.238 e. The third kappa shape index (κ3) is 6.93. The lowest BCUT2D eigenvalue weighted by Gasteiger charge is -2.47. The number of benzene rings is 9. The zero-order chi connectivity index (χ0) is 48.0. The molecule has 3 aromatic heterocycles. The molecule has 0 amide bonds. The number of rotatable bonds is 7. The van der Waals surface area contributed by atoms with Crippen molar-refractivity contribution in [3.8, 4) is 67.8 Å². The number of aromatic nitrogens is 5. The summed E-state index contributed by atoms with van der Waals surface area (Å²) in [5.41, 5.74) is 17.4. The second-order valence-electron chi connectivity index (χ2n) is 20.7. The van der Waals surface area contributed by atoms with Crippen LogP contribution in [0, 0.1) is 5.92 Å². The van der Waals surface area contributed by atoms with E-state index in [4.69, 9.17) is 15.0 Å². The summed E-state index contributed by atoms with van der Waals surface area (Å²) in [6.45, 7) is 12.1. The molecule has 9 aromatic carbocycles. The highest BCUT2D eigenvalue weighted by molar-refractivity contribution is 6.23. The van der Waals surface area contributed by atoms with E-state index in [1.165, 1.54) is 27.6 Å². The van der Waals surface area contributed by atoms with Gasteiger partial charge < -0.3 is 4.57 Å². The van der Waals surface area contributed by atoms with Gasteiger partial charge in [0.2, 0.25) is 5.95 Å². The molecule has 0 radical (unpaired) electrons. The number of para-hydroxylation sites is 2. The van der Waals surface area contributed by atoms with E-state index in [0.29, 0.717) is 23.5 Å². The molecule has 0 saturated heterocycles. The van der Waals surface area contributed by atoms with Crippen molar-refractivity contribution >= 4 is 43.6 Å². The van der Waals surface area contributed by atoms with Crippen LogP contribution in [0.15, 0.2) is 212 Å². The summed E-state index contributed by atoms with van der Waals surface area (Å²) in [5.74, 6) is 2.35. The Balaban J connectivity index is 1.05. The lowest BCUT2D eigenvalue weighted by Crippen LogP contribution is -2.40. The summed E-state index contributed by atoms with van der Waals surface area (Å²) < 4.78 is 4.74. The molecule has 1 unspecified atom stereocenters. The topological polar surface area (TPSA) is 48.5 Å². The van der Waals surface area contributed by atoms with Crippen LogP contribution in [0.5, 0.6) is 0 Å². The Morgan fingerprint density at radius 1 is 0.408 bits per heavy atom. The SMILES string of the molecule is CC1CC(C)(C)c2c(-c3ccc(-n4c5ccccc5c5ccc6c7ccccc7n(-c7nc(-c8ccc(-c9ccccc9)cc8)nc(-c8cccc(-c9ccccc9)c8)n7)c6c54)cc3)cccc2C1(C)C. The van der Waals surface area contributed by atoms with Gasteiger partial charge in [-0.2, -0.15) is 9.97 Å². The van der Waals surface area contributed by atoms with Gasteiger partial charge in [-0.3, -0.25) is 4.57 Å². The highest BCUT2D eigenvalue weighted by Crippen LogP contribution is 2.52. The Labute approximate surface area is 414 Å². The van der Waals surface area contributed by atoms with Crippen LogP contribution in [-0.2, 0) is 10.8 Å². The van der Waals surface area contributed by atoms with Gasteiger partial charge in [0.25, 0.3) is 0 Å². The minimum absolute atomic E-state index is 0.0520. The molecule has 1 atom stereocenters. The van der Waals surface area contributed by atoms with E-state index >= 15 is 0 Å². The van der Waals surface area contributed by atoms with Crippen LogP contribution in [0.3, 0.4) is 0 Å². The zero-order valence-electron chi connectivity index (χ0n) is 40.7. The van der Waals surface area contributed by atoms with E-state index in [-0.39, 0.29) is 10.8 Å². The van der Waals surface area contributed by atoms with Gasteiger partial charge in [-0.15, -0.1) is 0 Å². The van der Waals surface area contributed by atoms with Gasteiger partial charge in [0, 0.05) is 38.4 Å². The number of nitrogens with zero attached hydrogens (tertiary/aromatic N) is 5. The van der Waals surface area contributed by atoms with Crippen molar-refractivity contribution in [2.45, 2.75) is 51.9 Å². The molecular formula is C66H53N5. The molecule has 0 aliphatic heterocycles. The molecule has 342 valence electrons. The predicted octanol–water partition coefficient (Wildman–Crippen LogP) is 17.0. The van der Waals surface area contributed by atoms with E-state index in [9.17, 15) is 0 Å². The van der Waals surface area contributed by atoms with Crippen molar-refractivity contribution in [3.05, 3.63) is 223 Å². The lowest BCUT2D eigenvalue weighted by molar-refractivity contribution is 0.234. The molecule has 71 heavy (non-hydrogen) atoms. The largest absolute Gasteiger partial charge is 0.307 e. The molecule has 12 aromatic rings. The minimum atomic E-state index is 0.0520. The Bertz CT molecular complexity index is 4010. The van der Waals surface area contributed by atoms with Crippen LogP contribution in [-0.4, -0.2) is 24.1 Å². The molecule has 3 heterocycles. The molecule has 0 fully saturated rings. The minimum Gasteiger partial charge on any atom is -0.307 e. The smallest absolute Gasteiger partial charge is 0.238 e. The average molecular weight is 916 g/mol. The highest BCUT2D eigenvalue weighted by atomic mass is 15.2. The van der Waals surface area contributed by atoms with Crippen molar-refractivity contribution < 1.29 is 0 Å². The van der Waals surface area contributed by atoms with Crippen LogP contribution >= 0.6 is 0 Å². The Morgan fingerprint density at radius 2 is 0.901 bits per heavy atom. The lowest BCUT2D eigenvalue weighted by atomic mass is 9.57. The first kappa shape index (κ1) is 42.7. The molecule has 5 nitrogen and oxygen atoms in total. The van der Waals surface area contributed by atoms with Crippen molar-refractivity contribution in [2.75, 3.05) is 0 Å². The van der Waals surface area contributed by atoms with Crippen molar-refractivity contribution in [3.63, 3.8) is 0 Å². The van der Waals surface area contributed by atoms with Crippen molar-refractivity contribution in [1.82, 2.24) is 24.1 Å². The van der Waals surface area contributed by atoms with E-state index in [1.807, 2.05) is 0 Å². The molecule has 1 aliphatic carbocycles. The molecule has 1 aliphatic rings. The third-order valence-corrected chi connectivity index (χ3v) is 15.7. The van der Waals surface area contributed by atoms with Gasteiger partial charge in [-0.1, -0.05) is 217 Å². The normalized spacial score (nSPS) is 15.1. The predicted molar refractivity (Wildman–Crippen MR) is 296 cm³/mol. The van der Waals surface area contributed by atoms with Gasteiger partial charge in [-0.05, 0) is 98.0 Å². The van der Waals surface area contributed by atoms with Gasteiger partial charge >= 0.3 is 0 Å². The fourth-order valence-corrected chi connectivity index (χ4v) is 11.8. The van der Waals surface area contributed by atoms with Crippen LogP contribution in [0.2, 0.25) is 0 Å². The van der Waals surface area contributed by atoms with Gasteiger partial charge in [0.1, 0.15) is 0 Å². The molecule has 5 heteroatoms. The maximum absolute atomic E-state index is 5.47. The Morgan fingerprint density at radius 3 is 1.56 bits per heavy atom. The number of hydrogen-bond donors (Lipinski definition) is 0. The highest BCUT2D eigenvalue weighted by Gasteiger charge is 2.43. The molecule has 0 bridgehead atoms. The second-order valence-corrected chi connectivity index (χ2v) is 20.7. The first-order valence-electron chi connectivity index (χ1n) is 24.9. The van der Waals surface area contributed by atoms with E-state index < -0.39 is 0 Å². The molecule has 0 spiro atoms. The zero-order valence-corrected chi connectivity index (χ0v) is 40.7. The van der Waals surface area contributed by atoms with E-state index in [2.05, 4.69) is 256 Å².